The Morgan fingerprint density at radius 2 is 1.93 bits per heavy atom. The number of guanidine groups is 1. The van der Waals surface area contributed by atoms with Gasteiger partial charge in [-0.15, -0.1) is 10.2 Å². The van der Waals surface area contributed by atoms with Crippen molar-refractivity contribution in [1.82, 2.24) is 25.0 Å². The molecule has 3 aromatic rings. The minimum absolute atomic E-state index is 0.0142. The van der Waals surface area contributed by atoms with Gasteiger partial charge in [0.2, 0.25) is 0 Å². The van der Waals surface area contributed by atoms with Crippen molar-refractivity contribution < 1.29 is 9.13 Å². The molecule has 0 amide bonds. The van der Waals surface area contributed by atoms with Gasteiger partial charge in [0, 0.05) is 19.3 Å². The molecule has 0 saturated carbocycles. The number of ether oxygens (including phenoxy) is 1. The smallest absolute Gasteiger partial charge is 0.194 e. The highest BCUT2D eigenvalue weighted by Gasteiger charge is 2.28. The van der Waals surface area contributed by atoms with Crippen LogP contribution < -0.4 is 5.32 Å². The Morgan fingerprint density at radius 1 is 1.17 bits per heavy atom. The van der Waals surface area contributed by atoms with Crippen molar-refractivity contribution in [3.8, 4) is 5.69 Å². The summed E-state index contributed by atoms with van der Waals surface area (Å²) >= 11 is 0. The molecule has 2 heterocycles. The maximum Gasteiger partial charge on any atom is 0.194 e. The molecule has 0 radical (unpaired) electrons. The number of morpholine rings is 1. The van der Waals surface area contributed by atoms with Gasteiger partial charge in [0.25, 0.3) is 0 Å². The first-order valence-electron chi connectivity index (χ1n) is 9.95. The second-order valence-corrected chi connectivity index (χ2v) is 7.25. The summed E-state index contributed by atoms with van der Waals surface area (Å²) in [7, 11) is 1.76. The van der Waals surface area contributed by atoms with Gasteiger partial charge in [0.15, 0.2) is 11.8 Å². The maximum atomic E-state index is 13.3. The monoisotopic (exact) mass is 408 g/mol. The normalized spacial score (nSPS) is 19.7. The third-order valence-corrected chi connectivity index (χ3v) is 5.07. The third-order valence-electron chi connectivity index (χ3n) is 5.07. The van der Waals surface area contributed by atoms with Gasteiger partial charge in [0.1, 0.15) is 18.2 Å². The van der Waals surface area contributed by atoms with Gasteiger partial charge in [-0.1, -0.05) is 30.3 Å². The zero-order valence-electron chi connectivity index (χ0n) is 17.1. The number of hydrogen-bond acceptors (Lipinski definition) is 4. The van der Waals surface area contributed by atoms with E-state index in [1.54, 1.807) is 25.5 Å². The van der Waals surface area contributed by atoms with E-state index in [0.717, 1.165) is 23.0 Å². The second-order valence-electron chi connectivity index (χ2n) is 7.25. The van der Waals surface area contributed by atoms with E-state index in [2.05, 4.69) is 25.4 Å². The van der Waals surface area contributed by atoms with E-state index in [-0.39, 0.29) is 18.0 Å². The first-order chi connectivity index (χ1) is 14.6. The van der Waals surface area contributed by atoms with Gasteiger partial charge in [-0.25, -0.2) is 4.39 Å². The van der Waals surface area contributed by atoms with Crippen LogP contribution in [0.5, 0.6) is 0 Å². The molecule has 7 nitrogen and oxygen atoms in total. The summed E-state index contributed by atoms with van der Waals surface area (Å²) in [5, 5.41) is 11.7. The Hall–Kier alpha value is -3.26. The Balaban J connectivity index is 1.45. The molecule has 1 fully saturated rings. The Bertz CT molecular complexity index is 988. The maximum absolute atomic E-state index is 13.3. The molecular weight excluding hydrogens is 383 g/mol. The van der Waals surface area contributed by atoms with Crippen LogP contribution in [0.1, 0.15) is 24.4 Å². The zero-order valence-corrected chi connectivity index (χ0v) is 17.1. The fourth-order valence-corrected chi connectivity index (χ4v) is 3.66. The summed E-state index contributed by atoms with van der Waals surface area (Å²) in [5.41, 5.74) is 1.96. The highest BCUT2D eigenvalue weighted by atomic mass is 19.1. The van der Waals surface area contributed by atoms with Gasteiger partial charge in [-0.05, 0) is 36.8 Å². The minimum atomic E-state index is -0.250. The largest absolute Gasteiger partial charge is 0.367 e. The first kappa shape index (κ1) is 20.0. The summed E-state index contributed by atoms with van der Waals surface area (Å²) < 4.78 is 21.3. The highest BCUT2D eigenvalue weighted by Crippen LogP contribution is 2.25. The molecule has 1 saturated heterocycles. The zero-order chi connectivity index (χ0) is 20.9. The lowest BCUT2D eigenvalue weighted by Gasteiger charge is -2.38. The summed E-state index contributed by atoms with van der Waals surface area (Å²) in [4.78, 5) is 6.61. The number of hydrogen-bond donors (Lipinski definition) is 1. The number of para-hydroxylation sites is 1. The molecule has 156 valence electrons. The van der Waals surface area contributed by atoms with Crippen molar-refractivity contribution in [2.75, 3.05) is 20.1 Å². The summed E-state index contributed by atoms with van der Waals surface area (Å²) in [6, 6.07) is 16.4. The number of nitrogens with zero attached hydrogens (tertiary/aromatic N) is 5. The summed E-state index contributed by atoms with van der Waals surface area (Å²) in [6.45, 7) is 3.85. The third kappa shape index (κ3) is 4.49. The van der Waals surface area contributed by atoms with Crippen molar-refractivity contribution in [3.63, 3.8) is 0 Å². The SMILES string of the molecule is CN=C(NCc1nncn1-c1ccccc1)N1CC(C)OC(c2ccc(F)cc2)C1. The molecule has 1 aromatic heterocycles. The summed E-state index contributed by atoms with van der Waals surface area (Å²) in [5.74, 6) is 1.30. The Morgan fingerprint density at radius 3 is 2.67 bits per heavy atom. The van der Waals surface area contributed by atoms with Crippen molar-refractivity contribution in [1.29, 1.82) is 0 Å². The van der Waals surface area contributed by atoms with Crippen LogP contribution in [-0.4, -0.2) is 51.9 Å². The van der Waals surface area contributed by atoms with Crippen molar-refractivity contribution in [3.05, 3.63) is 78.1 Å². The number of nitrogens with one attached hydrogen (secondary N) is 1. The molecular formula is C22H25FN6O. The molecule has 8 heteroatoms. The predicted molar refractivity (Wildman–Crippen MR) is 113 cm³/mol. The average Bonchev–Trinajstić information content (AvgIpc) is 3.23. The molecule has 2 atom stereocenters. The van der Waals surface area contributed by atoms with Crippen LogP contribution in [0.4, 0.5) is 4.39 Å². The predicted octanol–water partition coefficient (Wildman–Crippen LogP) is 2.94. The van der Waals surface area contributed by atoms with Crippen molar-refractivity contribution in [2.45, 2.75) is 25.7 Å². The lowest BCUT2D eigenvalue weighted by Crippen LogP contribution is -2.50. The van der Waals surface area contributed by atoms with E-state index < -0.39 is 0 Å². The Kier molecular flexibility index (Phi) is 6.04. The van der Waals surface area contributed by atoms with Crippen LogP contribution in [0.25, 0.3) is 5.69 Å². The van der Waals surface area contributed by atoms with Crippen LogP contribution >= 0.6 is 0 Å². The topological polar surface area (TPSA) is 67.6 Å². The van der Waals surface area contributed by atoms with Gasteiger partial charge in [-0.3, -0.25) is 9.56 Å². The van der Waals surface area contributed by atoms with Gasteiger partial charge in [0.05, 0.1) is 19.2 Å². The highest BCUT2D eigenvalue weighted by molar-refractivity contribution is 5.80. The molecule has 2 unspecified atom stereocenters. The van der Waals surface area contributed by atoms with E-state index in [4.69, 9.17) is 4.74 Å². The Labute approximate surface area is 175 Å². The lowest BCUT2D eigenvalue weighted by molar-refractivity contribution is -0.0605. The fraction of sp³-hybridized carbons (Fsp3) is 0.318. The van der Waals surface area contributed by atoms with Crippen LogP contribution in [-0.2, 0) is 11.3 Å². The van der Waals surface area contributed by atoms with E-state index in [1.807, 2.05) is 41.8 Å². The minimum Gasteiger partial charge on any atom is -0.367 e. The molecule has 0 aliphatic carbocycles. The van der Waals surface area contributed by atoms with Gasteiger partial charge in [-0.2, -0.15) is 0 Å². The standard InChI is InChI=1S/C22H25FN6O/c1-16-13-28(14-20(30-16)17-8-10-18(23)11-9-17)22(24-2)25-12-21-27-26-15-29(21)19-6-4-3-5-7-19/h3-11,15-16,20H,12-14H2,1-2H3,(H,24,25). The van der Waals surface area contributed by atoms with Gasteiger partial charge >= 0.3 is 0 Å². The molecule has 1 aliphatic heterocycles. The van der Waals surface area contributed by atoms with E-state index in [9.17, 15) is 4.39 Å². The number of benzene rings is 2. The van der Waals surface area contributed by atoms with Crippen LogP contribution in [0.15, 0.2) is 65.9 Å². The van der Waals surface area contributed by atoms with E-state index in [1.165, 1.54) is 12.1 Å². The van der Waals surface area contributed by atoms with Crippen LogP contribution in [0, 0.1) is 5.82 Å². The number of halogens is 1. The molecule has 0 spiro atoms. The molecule has 0 bridgehead atoms. The van der Waals surface area contributed by atoms with Gasteiger partial charge < -0.3 is 15.0 Å². The van der Waals surface area contributed by atoms with Crippen molar-refractivity contribution in [2.24, 2.45) is 4.99 Å². The second kappa shape index (κ2) is 9.04. The van der Waals surface area contributed by atoms with Crippen molar-refractivity contribution >= 4 is 5.96 Å². The quantitative estimate of drug-likeness (QED) is 0.531. The average molecular weight is 408 g/mol. The molecule has 1 N–H and O–H groups in total. The van der Waals surface area contributed by atoms with E-state index >= 15 is 0 Å². The number of aliphatic imine (C=N–C) groups is 1. The first-order valence-corrected chi connectivity index (χ1v) is 9.95. The van der Waals surface area contributed by atoms with E-state index in [0.29, 0.717) is 19.6 Å². The fourth-order valence-electron chi connectivity index (χ4n) is 3.66. The van der Waals surface area contributed by atoms with Crippen LogP contribution in [0.3, 0.4) is 0 Å². The molecule has 30 heavy (non-hydrogen) atoms. The molecule has 2 aromatic carbocycles. The summed E-state index contributed by atoms with van der Waals surface area (Å²) in [6.07, 6.45) is 1.57. The molecule has 4 rings (SSSR count). The molecule has 1 aliphatic rings. The number of rotatable bonds is 4. The lowest BCUT2D eigenvalue weighted by atomic mass is 10.1. The van der Waals surface area contributed by atoms with Crippen LogP contribution in [0.2, 0.25) is 0 Å². The number of aromatic nitrogens is 3.